The third-order valence-electron chi connectivity index (χ3n) is 2.84. The zero-order valence-corrected chi connectivity index (χ0v) is 13.2. The molecule has 0 aliphatic rings. The molecule has 1 N–H and O–H groups in total. The fraction of sp³-hybridized carbons (Fsp3) is 0.0714. The molecule has 102 valence electrons. The fourth-order valence-electron chi connectivity index (χ4n) is 1.84. The van der Waals surface area contributed by atoms with Crippen LogP contribution in [0.2, 0.25) is 15.1 Å². The van der Waals surface area contributed by atoms with Crippen molar-refractivity contribution in [3.8, 4) is 0 Å². The molecule has 0 unspecified atom stereocenters. The van der Waals surface area contributed by atoms with Crippen LogP contribution in [0.3, 0.4) is 0 Å². The molecule has 0 radical (unpaired) electrons. The number of thioether (sulfide) groups is 1. The Morgan fingerprint density at radius 2 is 1.80 bits per heavy atom. The van der Waals surface area contributed by atoms with Crippen LogP contribution in [-0.4, -0.2) is 9.97 Å². The van der Waals surface area contributed by atoms with Crippen molar-refractivity contribution in [3.05, 3.63) is 57.0 Å². The van der Waals surface area contributed by atoms with Gasteiger partial charge < -0.3 is 4.98 Å². The second-order valence-electron chi connectivity index (χ2n) is 4.19. The maximum Gasteiger partial charge on any atom is 0.166 e. The van der Waals surface area contributed by atoms with Crippen LogP contribution >= 0.6 is 46.6 Å². The first kappa shape index (κ1) is 14.1. The van der Waals surface area contributed by atoms with E-state index in [1.807, 2.05) is 36.4 Å². The zero-order valence-electron chi connectivity index (χ0n) is 10.2. The molecule has 3 rings (SSSR count). The van der Waals surface area contributed by atoms with Gasteiger partial charge >= 0.3 is 0 Å². The lowest BCUT2D eigenvalue weighted by molar-refractivity contribution is 1.08. The highest BCUT2D eigenvalue weighted by Crippen LogP contribution is 2.31. The van der Waals surface area contributed by atoms with Gasteiger partial charge in [0.2, 0.25) is 0 Å². The first-order valence-corrected chi connectivity index (χ1v) is 7.96. The molecule has 0 spiro atoms. The Labute approximate surface area is 135 Å². The van der Waals surface area contributed by atoms with Crippen molar-refractivity contribution in [2.45, 2.75) is 10.9 Å². The number of fused-ring (bicyclic) bond motifs is 1. The topological polar surface area (TPSA) is 28.7 Å². The van der Waals surface area contributed by atoms with Crippen molar-refractivity contribution in [3.63, 3.8) is 0 Å². The molecule has 2 aromatic carbocycles. The van der Waals surface area contributed by atoms with Crippen LogP contribution in [0, 0.1) is 0 Å². The number of aromatic nitrogens is 2. The summed E-state index contributed by atoms with van der Waals surface area (Å²) in [4.78, 5) is 7.72. The Bertz CT molecular complexity index is 750. The highest BCUT2D eigenvalue weighted by atomic mass is 35.5. The van der Waals surface area contributed by atoms with Crippen molar-refractivity contribution in [1.29, 1.82) is 0 Å². The molecule has 0 aliphatic heterocycles. The summed E-state index contributed by atoms with van der Waals surface area (Å²) in [5.74, 6) is 0.659. The number of hydrogen-bond donors (Lipinski definition) is 1. The summed E-state index contributed by atoms with van der Waals surface area (Å²) in [7, 11) is 0. The fourth-order valence-corrected chi connectivity index (χ4v) is 3.64. The Hall–Kier alpha value is -0.870. The highest BCUT2D eigenvalue weighted by Gasteiger charge is 2.08. The quantitative estimate of drug-likeness (QED) is 0.607. The van der Waals surface area contributed by atoms with E-state index in [0.29, 0.717) is 20.8 Å². The highest BCUT2D eigenvalue weighted by molar-refractivity contribution is 7.98. The van der Waals surface area contributed by atoms with Gasteiger partial charge in [-0.05, 0) is 35.9 Å². The van der Waals surface area contributed by atoms with Gasteiger partial charge in [0, 0.05) is 20.8 Å². The van der Waals surface area contributed by atoms with Crippen LogP contribution in [0.5, 0.6) is 0 Å². The van der Waals surface area contributed by atoms with E-state index in [1.54, 1.807) is 11.8 Å². The van der Waals surface area contributed by atoms with E-state index < -0.39 is 0 Å². The number of imidazole rings is 1. The molecule has 0 atom stereocenters. The van der Waals surface area contributed by atoms with Crippen LogP contribution in [0.4, 0.5) is 0 Å². The molecular formula is C14H9Cl3N2S. The minimum Gasteiger partial charge on any atom is -0.333 e. The van der Waals surface area contributed by atoms with E-state index in [4.69, 9.17) is 34.8 Å². The maximum atomic E-state index is 6.15. The molecule has 0 aliphatic carbocycles. The van der Waals surface area contributed by atoms with Crippen molar-refractivity contribution >= 4 is 57.6 Å². The molecule has 1 aromatic heterocycles. The first-order chi connectivity index (χ1) is 9.63. The molecule has 6 heteroatoms. The Morgan fingerprint density at radius 3 is 2.55 bits per heavy atom. The second-order valence-corrected chi connectivity index (χ2v) is 6.41. The van der Waals surface area contributed by atoms with Gasteiger partial charge in [0.05, 0.1) is 11.0 Å². The van der Waals surface area contributed by atoms with Gasteiger partial charge in [0.25, 0.3) is 0 Å². The van der Waals surface area contributed by atoms with Crippen LogP contribution in [-0.2, 0) is 5.75 Å². The monoisotopic (exact) mass is 342 g/mol. The summed E-state index contributed by atoms with van der Waals surface area (Å²) in [5, 5.41) is 2.85. The van der Waals surface area contributed by atoms with Crippen LogP contribution in [0.25, 0.3) is 11.0 Å². The second kappa shape index (κ2) is 5.86. The lowest BCUT2D eigenvalue weighted by Gasteiger charge is -2.04. The number of H-pyrrole nitrogens is 1. The average molecular weight is 344 g/mol. The summed E-state index contributed by atoms with van der Waals surface area (Å²) in [5.41, 5.74) is 2.73. The number of rotatable bonds is 3. The summed E-state index contributed by atoms with van der Waals surface area (Å²) < 4.78 is 0. The minimum absolute atomic E-state index is 0.659. The van der Waals surface area contributed by atoms with Crippen molar-refractivity contribution in [2.24, 2.45) is 0 Å². The van der Waals surface area contributed by atoms with E-state index in [0.717, 1.165) is 21.8 Å². The predicted molar refractivity (Wildman–Crippen MR) is 87.1 cm³/mol. The van der Waals surface area contributed by atoms with Crippen LogP contribution in [0.15, 0.2) is 41.6 Å². The molecule has 0 saturated carbocycles. The van der Waals surface area contributed by atoms with Crippen LogP contribution < -0.4 is 0 Å². The predicted octanol–water partition coefficient (Wildman–Crippen LogP) is 5.82. The van der Waals surface area contributed by atoms with Crippen molar-refractivity contribution in [2.75, 3.05) is 0 Å². The summed E-state index contributed by atoms with van der Waals surface area (Å²) in [6.07, 6.45) is 0. The van der Waals surface area contributed by atoms with E-state index in [1.165, 1.54) is 0 Å². The lowest BCUT2D eigenvalue weighted by Crippen LogP contribution is -1.85. The Morgan fingerprint density at radius 1 is 1.05 bits per heavy atom. The molecule has 20 heavy (non-hydrogen) atoms. The summed E-state index contributed by atoms with van der Waals surface area (Å²) in [6.45, 7) is 0. The van der Waals surface area contributed by atoms with Gasteiger partial charge in [-0.25, -0.2) is 4.98 Å². The van der Waals surface area contributed by atoms with Crippen LogP contribution in [0.1, 0.15) is 5.56 Å². The Kier molecular flexibility index (Phi) is 4.13. The first-order valence-electron chi connectivity index (χ1n) is 5.84. The number of aromatic amines is 1. The normalized spacial score (nSPS) is 11.2. The van der Waals surface area contributed by atoms with Gasteiger partial charge in [-0.3, -0.25) is 0 Å². The van der Waals surface area contributed by atoms with Gasteiger partial charge in [-0.15, -0.1) is 0 Å². The van der Waals surface area contributed by atoms with Crippen molar-refractivity contribution < 1.29 is 0 Å². The molecule has 1 heterocycles. The zero-order chi connectivity index (χ0) is 14.1. The van der Waals surface area contributed by atoms with E-state index in [2.05, 4.69) is 9.97 Å². The molecule has 0 fully saturated rings. The maximum absolute atomic E-state index is 6.15. The van der Waals surface area contributed by atoms with Crippen molar-refractivity contribution in [1.82, 2.24) is 9.97 Å². The number of nitrogens with one attached hydrogen (secondary N) is 1. The molecule has 0 bridgehead atoms. The third kappa shape index (κ3) is 2.91. The summed E-state index contributed by atoms with van der Waals surface area (Å²) >= 11 is 19.8. The van der Waals surface area contributed by atoms with E-state index >= 15 is 0 Å². The van der Waals surface area contributed by atoms with Gasteiger partial charge in [0.1, 0.15) is 0 Å². The smallest absolute Gasteiger partial charge is 0.166 e. The number of hydrogen-bond acceptors (Lipinski definition) is 2. The lowest BCUT2D eigenvalue weighted by atomic mass is 10.2. The average Bonchev–Trinajstić information content (AvgIpc) is 2.80. The number of halogens is 3. The van der Waals surface area contributed by atoms with E-state index in [-0.39, 0.29) is 0 Å². The van der Waals surface area contributed by atoms with Gasteiger partial charge in [-0.1, -0.05) is 52.6 Å². The number of nitrogens with zero attached hydrogens (tertiary/aromatic N) is 1. The molecule has 3 aromatic rings. The Balaban J connectivity index is 1.83. The SMILES string of the molecule is Clc1ccc2nc(SCc3c(Cl)cccc3Cl)[nH]c2c1. The van der Waals surface area contributed by atoms with Gasteiger partial charge in [0.15, 0.2) is 5.16 Å². The minimum atomic E-state index is 0.659. The molecule has 0 amide bonds. The van der Waals surface area contributed by atoms with E-state index in [9.17, 15) is 0 Å². The molecule has 2 nitrogen and oxygen atoms in total. The molecular weight excluding hydrogens is 335 g/mol. The van der Waals surface area contributed by atoms with Gasteiger partial charge in [-0.2, -0.15) is 0 Å². The summed E-state index contributed by atoms with van der Waals surface area (Å²) in [6, 6.07) is 11.1. The third-order valence-corrected chi connectivity index (χ3v) is 4.68. The molecule has 0 saturated heterocycles. The standard InChI is InChI=1S/C14H9Cl3N2S/c15-8-4-5-12-13(6-8)19-14(18-12)20-7-9-10(16)2-1-3-11(9)17/h1-6H,7H2,(H,18,19). The largest absolute Gasteiger partial charge is 0.333 e. The number of benzene rings is 2.